The van der Waals surface area contributed by atoms with Gasteiger partial charge in [-0.25, -0.2) is 0 Å². The van der Waals surface area contributed by atoms with E-state index in [4.69, 9.17) is 10.7 Å². The molecule has 4 nitrogen and oxygen atoms in total. The Morgan fingerprint density at radius 1 is 0.853 bits per heavy atom. The topological polar surface area (TPSA) is 62.4 Å². The van der Waals surface area contributed by atoms with E-state index in [-0.39, 0.29) is 0 Å². The van der Waals surface area contributed by atoms with Gasteiger partial charge in [0.05, 0.1) is 6.54 Å². The van der Waals surface area contributed by atoms with Crippen LogP contribution in [0.3, 0.4) is 0 Å². The second-order valence-electron chi connectivity index (χ2n) is 8.42. The van der Waals surface area contributed by atoms with E-state index in [0.717, 1.165) is 35.5 Å². The number of aryl methyl sites for hydroxylation is 1. The van der Waals surface area contributed by atoms with Gasteiger partial charge in [-0.1, -0.05) is 80.2 Å². The number of hydrogen-bond acceptors (Lipinski definition) is 3. The summed E-state index contributed by atoms with van der Waals surface area (Å²) >= 11 is 0. The maximum absolute atomic E-state index is 6.35. The number of amidine groups is 1. The average molecular weight is 449 g/mol. The lowest BCUT2D eigenvalue weighted by Gasteiger charge is -2.18. The van der Waals surface area contributed by atoms with E-state index in [9.17, 15) is 0 Å². The average Bonchev–Trinajstić information content (AvgIpc) is 2.87. The van der Waals surface area contributed by atoms with Crippen LogP contribution in [0.1, 0.15) is 35.6 Å². The number of anilines is 2. The van der Waals surface area contributed by atoms with Crippen LogP contribution in [0.5, 0.6) is 0 Å². The fraction of sp³-hybridized carbons (Fsp3) is 0.167. The smallest absolute Gasteiger partial charge is 0.135 e. The van der Waals surface area contributed by atoms with Crippen molar-refractivity contribution < 1.29 is 0 Å². The van der Waals surface area contributed by atoms with Crippen molar-refractivity contribution in [3.63, 3.8) is 0 Å². The summed E-state index contributed by atoms with van der Waals surface area (Å²) in [7, 11) is 0. The molecule has 0 heterocycles. The zero-order valence-corrected chi connectivity index (χ0v) is 19.9. The van der Waals surface area contributed by atoms with Gasteiger partial charge in [0.25, 0.3) is 0 Å². The first kappa shape index (κ1) is 23.1. The number of hydrogen-bond donors (Lipinski definition) is 3. The van der Waals surface area contributed by atoms with Crippen LogP contribution in [0.15, 0.2) is 96.5 Å². The standard InChI is InChI=1S/C30H32N4/c1-4-19-32-29-16-10-8-12-25(29)22(3)34-30(27-14-7-9-15-28(27)31)33-20-23-18-17-21(2)24-11-5-6-13-26(23)24/h5-18,32H,3-4,19-20,31H2,1-2H3,(H,33,34). The van der Waals surface area contributed by atoms with Gasteiger partial charge in [0.1, 0.15) is 5.84 Å². The maximum atomic E-state index is 6.35. The Hall–Kier alpha value is -4.05. The molecule has 4 heteroatoms. The van der Waals surface area contributed by atoms with Gasteiger partial charge in [0.15, 0.2) is 0 Å². The van der Waals surface area contributed by atoms with Crippen LogP contribution in [-0.4, -0.2) is 12.4 Å². The van der Waals surface area contributed by atoms with Gasteiger partial charge in [0, 0.05) is 34.7 Å². The Balaban J connectivity index is 1.70. The van der Waals surface area contributed by atoms with Crippen molar-refractivity contribution in [3.05, 3.63) is 114 Å². The van der Waals surface area contributed by atoms with Crippen molar-refractivity contribution >= 4 is 33.7 Å². The predicted octanol–water partition coefficient (Wildman–Crippen LogP) is 6.76. The fourth-order valence-corrected chi connectivity index (χ4v) is 4.09. The Kier molecular flexibility index (Phi) is 7.28. The van der Waals surface area contributed by atoms with E-state index in [1.807, 2.05) is 36.4 Å². The Labute approximate surface area is 202 Å². The molecule has 34 heavy (non-hydrogen) atoms. The molecule has 0 aliphatic carbocycles. The van der Waals surface area contributed by atoms with Crippen LogP contribution in [0.2, 0.25) is 0 Å². The second kappa shape index (κ2) is 10.7. The molecule has 0 radical (unpaired) electrons. The van der Waals surface area contributed by atoms with Gasteiger partial charge in [-0.2, -0.15) is 0 Å². The van der Waals surface area contributed by atoms with E-state index in [1.165, 1.54) is 21.9 Å². The van der Waals surface area contributed by atoms with Crippen LogP contribution in [0.25, 0.3) is 16.5 Å². The van der Waals surface area contributed by atoms with Crippen molar-refractivity contribution in [1.82, 2.24) is 5.32 Å². The molecule has 0 saturated heterocycles. The van der Waals surface area contributed by atoms with E-state index in [1.54, 1.807) is 0 Å². The molecule has 4 aromatic rings. The number of para-hydroxylation sites is 2. The number of rotatable bonds is 8. The Morgan fingerprint density at radius 2 is 1.53 bits per heavy atom. The molecule has 4 aromatic carbocycles. The largest absolute Gasteiger partial charge is 0.398 e. The molecule has 0 aromatic heterocycles. The first-order chi connectivity index (χ1) is 16.6. The summed E-state index contributed by atoms with van der Waals surface area (Å²) in [6.07, 6.45) is 1.05. The van der Waals surface area contributed by atoms with E-state index < -0.39 is 0 Å². The van der Waals surface area contributed by atoms with Gasteiger partial charge in [0.2, 0.25) is 0 Å². The fourth-order valence-electron chi connectivity index (χ4n) is 4.09. The van der Waals surface area contributed by atoms with Gasteiger partial charge >= 0.3 is 0 Å². The summed E-state index contributed by atoms with van der Waals surface area (Å²) in [5.41, 5.74) is 13.2. The molecule has 0 amide bonds. The van der Waals surface area contributed by atoms with Crippen molar-refractivity contribution in [3.8, 4) is 0 Å². The number of fused-ring (bicyclic) bond motifs is 1. The van der Waals surface area contributed by atoms with Gasteiger partial charge in [-0.15, -0.1) is 0 Å². The van der Waals surface area contributed by atoms with Crippen LogP contribution < -0.4 is 16.4 Å². The molecule has 4 rings (SSSR count). The first-order valence-electron chi connectivity index (χ1n) is 11.7. The Bertz CT molecular complexity index is 1340. The van der Waals surface area contributed by atoms with Crippen molar-refractivity contribution in [1.29, 1.82) is 0 Å². The molecule has 0 spiro atoms. The first-order valence-corrected chi connectivity index (χ1v) is 11.7. The summed E-state index contributed by atoms with van der Waals surface area (Å²) in [4.78, 5) is 5.01. The summed E-state index contributed by atoms with van der Waals surface area (Å²) in [5, 5.41) is 9.43. The number of aliphatic imine (C=N–C) groups is 1. The lowest BCUT2D eigenvalue weighted by atomic mass is 10.0. The van der Waals surface area contributed by atoms with Crippen LogP contribution in [-0.2, 0) is 6.54 Å². The van der Waals surface area contributed by atoms with Crippen molar-refractivity contribution in [2.24, 2.45) is 4.99 Å². The van der Waals surface area contributed by atoms with Crippen molar-refractivity contribution in [2.45, 2.75) is 26.8 Å². The highest BCUT2D eigenvalue weighted by Gasteiger charge is 2.12. The third-order valence-corrected chi connectivity index (χ3v) is 5.94. The zero-order chi connectivity index (χ0) is 23.9. The van der Waals surface area contributed by atoms with Crippen molar-refractivity contribution in [2.75, 3.05) is 17.6 Å². The normalized spacial score (nSPS) is 11.4. The molecule has 0 aliphatic rings. The third kappa shape index (κ3) is 5.12. The molecule has 4 N–H and O–H groups in total. The number of nitrogens with one attached hydrogen (secondary N) is 2. The monoisotopic (exact) mass is 448 g/mol. The molecule has 0 fully saturated rings. The SMILES string of the molecule is C=C(NC(=NCc1ccc(C)c2ccccc12)c1ccccc1N)c1ccccc1NCCC. The number of nitrogens with zero attached hydrogens (tertiary/aromatic N) is 1. The van der Waals surface area contributed by atoms with E-state index in [2.05, 4.69) is 79.6 Å². The van der Waals surface area contributed by atoms with Crippen LogP contribution in [0.4, 0.5) is 11.4 Å². The second-order valence-corrected chi connectivity index (χ2v) is 8.42. The number of nitrogen functional groups attached to an aromatic ring is 1. The molecular formula is C30H32N4. The van der Waals surface area contributed by atoms with Gasteiger partial charge < -0.3 is 16.4 Å². The molecule has 172 valence electrons. The van der Waals surface area contributed by atoms with E-state index >= 15 is 0 Å². The lowest BCUT2D eigenvalue weighted by Crippen LogP contribution is -2.24. The number of benzene rings is 4. The van der Waals surface area contributed by atoms with Gasteiger partial charge in [-0.05, 0) is 53.4 Å². The highest BCUT2D eigenvalue weighted by Crippen LogP contribution is 2.25. The summed E-state index contributed by atoms with van der Waals surface area (Å²) in [6, 6.07) is 28.8. The van der Waals surface area contributed by atoms with E-state index in [0.29, 0.717) is 18.1 Å². The summed E-state index contributed by atoms with van der Waals surface area (Å²) in [5.74, 6) is 0.707. The summed E-state index contributed by atoms with van der Waals surface area (Å²) in [6.45, 7) is 10.1. The molecular weight excluding hydrogens is 416 g/mol. The quantitative estimate of drug-likeness (QED) is 0.158. The molecule has 0 unspecified atom stereocenters. The minimum absolute atomic E-state index is 0.528. The zero-order valence-electron chi connectivity index (χ0n) is 19.9. The third-order valence-electron chi connectivity index (χ3n) is 5.94. The van der Waals surface area contributed by atoms with Crippen LogP contribution in [0, 0.1) is 6.92 Å². The molecule has 0 saturated carbocycles. The predicted molar refractivity (Wildman–Crippen MR) is 147 cm³/mol. The maximum Gasteiger partial charge on any atom is 0.135 e. The van der Waals surface area contributed by atoms with Crippen LogP contribution >= 0.6 is 0 Å². The molecule has 0 bridgehead atoms. The lowest BCUT2D eigenvalue weighted by molar-refractivity contribution is 0.978. The summed E-state index contributed by atoms with van der Waals surface area (Å²) < 4.78 is 0. The number of nitrogens with two attached hydrogens (primary N) is 1. The highest BCUT2D eigenvalue weighted by molar-refractivity contribution is 6.07. The minimum Gasteiger partial charge on any atom is -0.398 e. The minimum atomic E-state index is 0.528. The molecule has 0 atom stereocenters. The Morgan fingerprint density at radius 3 is 2.29 bits per heavy atom. The molecule has 0 aliphatic heterocycles. The van der Waals surface area contributed by atoms with Gasteiger partial charge in [-0.3, -0.25) is 4.99 Å². The highest BCUT2D eigenvalue weighted by atomic mass is 15.0.